The molecule has 60 valence electrons. The summed E-state index contributed by atoms with van der Waals surface area (Å²) in [6, 6.07) is 9.05. The second-order valence-electron chi connectivity index (χ2n) is 2.94. The summed E-state index contributed by atoms with van der Waals surface area (Å²) in [5, 5.41) is 1.96. The average Bonchev–Trinajstić information content (AvgIpc) is 2.05. The number of aryl methyl sites for hydroxylation is 1. The van der Waals surface area contributed by atoms with E-state index in [1.165, 1.54) is 11.1 Å². The van der Waals surface area contributed by atoms with Crippen LogP contribution in [-0.4, -0.2) is 0 Å². The van der Waals surface area contributed by atoms with Gasteiger partial charge in [-0.15, -0.1) is 0 Å². The van der Waals surface area contributed by atoms with Crippen molar-refractivity contribution in [2.24, 2.45) is 0 Å². The lowest BCUT2D eigenvalue weighted by Gasteiger charge is -2.10. The molecule has 0 unspecified atom stereocenters. The molecule has 0 saturated heterocycles. The van der Waals surface area contributed by atoms with Crippen molar-refractivity contribution < 1.29 is 5.32 Å². The molecule has 0 spiro atoms. The lowest BCUT2D eigenvalue weighted by Crippen LogP contribution is -2.77. The van der Waals surface area contributed by atoms with Gasteiger partial charge in [0, 0.05) is 5.56 Å². The van der Waals surface area contributed by atoms with Gasteiger partial charge < -0.3 is 5.32 Å². The fourth-order valence-corrected chi connectivity index (χ4v) is 1.01. The maximum absolute atomic E-state index is 3.76. The SMILES string of the molecule is [CH2-][NH2+][C@@H](C)c1ccc(C)cc1. The lowest BCUT2D eigenvalue weighted by atomic mass is 10.1. The zero-order chi connectivity index (χ0) is 8.27. The molecule has 0 aliphatic heterocycles. The maximum Gasteiger partial charge on any atom is 0.0848 e. The Hall–Kier alpha value is -0.820. The normalized spacial score (nSPS) is 13.0. The molecule has 0 aliphatic rings. The standard InChI is InChI=1S/C10H15N/c1-8-4-6-10(7-5-8)9(2)11-3/h4-7,9H,3,11H2,1-2H3/t9-/m0/s1. The molecule has 0 aliphatic carbocycles. The number of nitrogens with two attached hydrogens (primary N) is 1. The number of rotatable bonds is 2. The molecule has 1 nitrogen and oxygen atoms in total. The fourth-order valence-electron chi connectivity index (χ4n) is 1.01. The first-order valence-electron chi connectivity index (χ1n) is 3.93. The molecule has 2 N–H and O–H groups in total. The van der Waals surface area contributed by atoms with Crippen LogP contribution in [0.3, 0.4) is 0 Å². The average molecular weight is 149 g/mol. The summed E-state index contributed by atoms with van der Waals surface area (Å²) < 4.78 is 0. The summed E-state index contributed by atoms with van der Waals surface area (Å²) in [4.78, 5) is 0. The van der Waals surface area contributed by atoms with Gasteiger partial charge in [0.1, 0.15) is 0 Å². The first-order valence-corrected chi connectivity index (χ1v) is 3.93. The van der Waals surface area contributed by atoms with Crippen LogP contribution in [0.4, 0.5) is 0 Å². The van der Waals surface area contributed by atoms with Crippen LogP contribution in [0.25, 0.3) is 0 Å². The summed E-state index contributed by atoms with van der Waals surface area (Å²) in [5.74, 6) is 0. The summed E-state index contributed by atoms with van der Waals surface area (Å²) in [5.41, 5.74) is 2.65. The van der Waals surface area contributed by atoms with Gasteiger partial charge in [-0.3, -0.25) is 0 Å². The van der Waals surface area contributed by atoms with Gasteiger partial charge in [0.25, 0.3) is 0 Å². The molecule has 0 amide bonds. The van der Waals surface area contributed by atoms with Crippen molar-refractivity contribution in [3.05, 3.63) is 42.4 Å². The zero-order valence-corrected chi connectivity index (χ0v) is 7.17. The highest BCUT2D eigenvalue weighted by Gasteiger charge is 2.00. The first-order chi connectivity index (χ1) is 5.24. The molecule has 0 heterocycles. The molecular weight excluding hydrogens is 134 g/mol. The summed E-state index contributed by atoms with van der Waals surface area (Å²) in [7, 11) is 3.76. The molecule has 1 atom stereocenters. The van der Waals surface area contributed by atoms with E-state index < -0.39 is 0 Å². The lowest BCUT2D eigenvalue weighted by molar-refractivity contribution is -0.637. The van der Waals surface area contributed by atoms with Crippen LogP contribution in [0.5, 0.6) is 0 Å². The van der Waals surface area contributed by atoms with E-state index in [1.807, 2.05) is 5.32 Å². The van der Waals surface area contributed by atoms with E-state index >= 15 is 0 Å². The molecule has 1 aromatic carbocycles. The topological polar surface area (TPSA) is 16.6 Å². The highest BCUT2D eigenvalue weighted by molar-refractivity contribution is 5.22. The summed E-state index contributed by atoms with van der Waals surface area (Å²) in [6.45, 7) is 4.25. The number of benzene rings is 1. The van der Waals surface area contributed by atoms with Crippen molar-refractivity contribution in [3.63, 3.8) is 0 Å². The van der Waals surface area contributed by atoms with E-state index in [9.17, 15) is 0 Å². The van der Waals surface area contributed by atoms with Crippen molar-refractivity contribution in [2.75, 3.05) is 0 Å². The molecule has 11 heavy (non-hydrogen) atoms. The Morgan fingerprint density at radius 2 is 1.82 bits per heavy atom. The second kappa shape index (κ2) is 3.54. The van der Waals surface area contributed by atoms with Gasteiger partial charge in [0.05, 0.1) is 6.04 Å². The minimum Gasteiger partial charge on any atom is -0.473 e. The smallest absolute Gasteiger partial charge is 0.0848 e. The monoisotopic (exact) mass is 149 g/mol. The van der Waals surface area contributed by atoms with E-state index in [1.54, 1.807) is 0 Å². The van der Waals surface area contributed by atoms with Crippen LogP contribution < -0.4 is 5.32 Å². The van der Waals surface area contributed by atoms with Gasteiger partial charge in [0.2, 0.25) is 0 Å². The van der Waals surface area contributed by atoms with Gasteiger partial charge in [0.15, 0.2) is 0 Å². The van der Waals surface area contributed by atoms with Crippen molar-refractivity contribution in [1.82, 2.24) is 0 Å². The minimum absolute atomic E-state index is 0.468. The fraction of sp³-hybridized carbons (Fsp3) is 0.300. The number of quaternary nitrogens is 1. The first kappa shape index (κ1) is 8.28. The molecule has 0 radical (unpaired) electrons. The van der Waals surface area contributed by atoms with Crippen molar-refractivity contribution in [1.29, 1.82) is 0 Å². The molecular formula is C10H15N. The predicted octanol–water partition coefficient (Wildman–Crippen LogP) is 1.41. The molecule has 1 aromatic rings. The van der Waals surface area contributed by atoms with Crippen LogP contribution in [0.1, 0.15) is 24.1 Å². The van der Waals surface area contributed by atoms with Gasteiger partial charge in [-0.2, -0.15) is 7.05 Å². The van der Waals surface area contributed by atoms with E-state index in [4.69, 9.17) is 0 Å². The number of hydrogen-bond acceptors (Lipinski definition) is 0. The van der Waals surface area contributed by atoms with E-state index in [2.05, 4.69) is 45.2 Å². The van der Waals surface area contributed by atoms with Crippen molar-refractivity contribution in [3.8, 4) is 0 Å². The summed E-state index contributed by atoms with van der Waals surface area (Å²) >= 11 is 0. The second-order valence-corrected chi connectivity index (χ2v) is 2.94. The Morgan fingerprint density at radius 1 is 1.27 bits per heavy atom. The van der Waals surface area contributed by atoms with Crippen LogP contribution in [0.2, 0.25) is 0 Å². The quantitative estimate of drug-likeness (QED) is 0.612. The number of hydrogen-bond donors (Lipinski definition) is 1. The maximum atomic E-state index is 3.76. The van der Waals surface area contributed by atoms with Crippen molar-refractivity contribution >= 4 is 0 Å². The van der Waals surface area contributed by atoms with Crippen molar-refractivity contribution in [2.45, 2.75) is 19.9 Å². The third kappa shape index (κ3) is 2.05. The molecule has 0 fully saturated rings. The van der Waals surface area contributed by atoms with Crippen LogP contribution in [0.15, 0.2) is 24.3 Å². The molecule has 1 rings (SSSR count). The third-order valence-electron chi connectivity index (χ3n) is 1.96. The van der Waals surface area contributed by atoms with Gasteiger partial charge in [-0.1, -0.05) is 29.8 Å². The molecule has 0 bridgehead atoms. The Labute approximate surface area is 68.4 Å². The zero-order valence-electron chi connectivity index (χ0n) is 7.17. The molecule has 0 saturated carbocycles. The van der Waals surface area contributed by atoms with Gasteiger partial charge in [-0.05, 0) is 13.8 Å². The minimum atomic E-state index is 0.468. The molecule has 1 heteroatoms. The highest BCUT2D eigenvalue weighted by atomic mass is 14.8. The van der Waals surface area contributed by atoms with E-state index in [0.717, 1.165) is 0 Å². The van der Waals surface area contributed by atoms with Gasteiger partial charge >= 0.3 is 0 Å². The van der Waals surface area contributed by atoms with Crippen LogP contribution in [-0.2, 0) is 0 Å². The van der Waals surface area contributed by atoms with Crippen LogP contribution in [0, 0.1) is 14.0 Å². The third-order valence-corrected chi connectivity index (χ3v) is 1.96. The predicted molar refractivity (Wildman–Crippen MR) is 46.9 cm³/mol. The Bertz CT molecular complexity index is 213. The van der Waals surface area contributed by atoms with Gasteiger partial charge in [-0.25, -0.2) is 0 Å². The largest absolute Gasteiger partial charge is 0.473 e. The van der Waals surface area contributed by atoms with Crippen LogP contribution >= 0.6 is 0 Å². The van der Waals surface area contributed by atoms with E-state index in [-0.39, 0.29) is 0 Å². The Kier molecular flexibility index (Phi) is 2.66. The Morgan fingerprint density at radius 3 is 2.27 bits per heavy atom. The highest BCUT2D eigenvalue weighted by Crippen LogP contribution is 2.08. The molecule has 0 aromatic heterocycles. The Balaban J connectivity index is 2.81. The van der Waals surface area contributed by atoms with E-state index in [0.29, 0.717) is 6.04 Å². The summed E-state index contributed by atoms with van der Waals surface area (Å²) in [6.07, 6.45) is 0.